The molecule has 1 rings (SSSR count). The number of hydrogen-bond donors (Lipinski definition) is 2. The number of nitrogens with two attached hydrogens (primary N) is 1. The van der Waals surface area contributed by atoms with Gasteiger partial charge < -0.3 is 11.1 Å². The zero-order valence-electron chi connectivity index (χ0n) is 10.1. The van der Waals surface area contributed by atoms with E-state index in [9.17, 15) is 0 Å². The van der Waals surface area contributed by atoms with Gasteiger partial charge in [-0.2, -0.15) is 5.26 Å². The third kappa shape index (κ3) is 2.98. The van der Waals surface area contributed by atoms with Gasteiger partial charge in [-0.25, -0.2) is 0 Å². The molecule has 0 fully saturated rings. The van der Waals surface area contributed by atoms with Crippen molar-refractivity contribution in [3.05, 3.63) is 29.3 Å². The van der Waals surface area contributed by atoms with E-state index in [1.54, 1.807) is 0 Å². The van der Waals surface area contributed by atoms with E-state index < -0.39 is 0 Å². The van der Waals surface area contributed by atoms with Crippen LogP contribution in [0.4, 0.5) is 5.69 Å². The molecule has 1 aromatic rings. The van der Waals surface area contributed by atoms with Gasteiger partial charge in [-0.3, -0.25) is 0 Å². The first-order chi connectivity index (χ1) is 7.58. The zero-order chi connectivity index (χ0) is 12.1. The topological polar surface area (TPSA) is 61.8 Å². The molecule has 0 heterocycles. The summed E-state index contributed by atoms with van der Waals surface area (Å²) in [5, 5.41) is 12.4. The van der Waals surface area contributed by atoms with Crippen LogP contribution in [-0.4, -0.2) is 12.6 Å². The molecule has 0 aliphatic heterocycles. The number of rotatable bonds is 4. The van der Waals surface area contributed by atoms with Crippen molar-refractivity contribution in [1.29, 1.82) is 5.26 Å². The smallest absolute Gasteiger partial charge is 0.101 e. The Kier molecular flexibility index (Phi) is 4.33. The lowest BCUT2D eigenvalue weighted by atomic mass is 10.0. The summed E-state index contributed by atoms with van der Waals surface area (Å²) in [6.45, 7) is 6.81. The summed E-state index contributed by atoms with van der Waals surface area (Å²) < 4.78 is 0. The Morgan fingerprint density at radius 3 is 2.62 bits per heavy atom. The molecule has 0 bridgehead atoms. The molecule has 3 nitrogen and oxygen atoms in total. The number of hydrogen-bond acceptors (Lipinski definition) is 3. The van der Waals surface area contributed by atoms with Gasteiger partial charge in [-0.15, -0.1) is 0 Å². The number of nitriles is 1. The van der Waals surface area contributed by atoms with Crippen molar-refractivity contribution in [2.75, 3.05) is 11.9 Å². The average Bonchev–Trinajstić information content (AvgIpc) is 2.25. The van der Waals surface area contributed by atoms with E-state index in [1.807, 2.05) is 25.1 Å². The van der Waals surface area contributed by atoms with Crippen molar-refractivity contribution in [2.24, 2.45) is 11.7 Å². The van der Waals surface area contributed by atoms with Gasteiger partial charge in [0.25, 0.3) is 0 Å². The first-order valence-electron chi connectivity index (χ1n) is 5.55. The van der Waals surface area contributed by atoms with Crippen LogP contribution in [0.3, 0.4) is 0 Å². The quantitative estimate of drug-likeness (QED) is 0.813. The second-order valence-corrected chi connectivity index (χ2v) is 4.39. The lowest BCUT2D eigenvalue weighted by molar-refractivity contribution is 0.531. The van der Waals surface area contributed by atoms with Crippen molar-refractivity contribution in [2.45, 2.75) is 26.8 Å². The lowest BCUT2D eigenvalue weighted by Gasteiger charge is -2.22. The summed E-state index contributed by atoms with van der Waals surface area (Å²) in [5.41, 5.74) is 8.40. The normalized spacial score (nSPS) is 12.2. The van der Waals surface area contributed by atoms with Gasteiger partial charge in [0.2, 0.25) is 0 Å². The van der Waals surface area contributed by atoms with Crippen LogP contribution in [0, 0.1) is 24.2 Å². The highest BCUT2D eigenvalue weighted by Gasteiger charge is 2.12. The van der Waals surface area contributed by atoms with Crippen LogP contribution in [0.5, 0.6) is 0 Å². The Morgan fingerprint density at radius 2 is 2.12 bits per heavy atom. The van der Waals surface area contributed by atoms with Crippen LogP contribution in [0.15, 0.2) is 18.2 Å². The Bertz CT molecular complexity index is 391. The highest BCUT2D eigenvalue weighted by molar-refractivity contribution is 5.59. The van der Waals surface area contributed by atoms with E-state index in [-0.39, 0.29) is 6.04 Å². The van der Waals surface area contributed by atoms with E-state index >= 15 is 0 Å². The predicted molar refractivity (Wildman–Crippen MR) is 67.2 cm³/mol. The van der Waals surface area contributed by atoms with Gasteiger partial charge in [0.05, 0.1) is 11.3 Å². The molecule has 0 saturated heterocycles. The molecule has 86 valence electrons. The highest BCUT2D eigenvalue weighted by Crippen LogP contribution is 2.19. The van der Waals surface area contributed by atoms with Crippen molar-refractivity contribution < 1.29 is 0 Å². The molecule has 0 aliphatic carbocycles. The first kappa shape index (κ1) is 12.5. The average molecular weight is 217 g/mol. The molecule has 1 atom stereocenters. The Morgan fingerprint density at radius 1 is 1.44 bits per heavy atom. The summed E-state index contributed by atoms with van der Waals surface area (Å²) in [5.74, 6) is 0.442. The van der Waals surface area contributed by atoms with Crippen LogP contribution < -0.4 is 11.1 Å². The number of nitrogens with one attached hydrogen (secondary N) is 1. The molecule has 0 spiro atoms. The maximum Gasteiger partial charge on any atom is 0.101 e. The zero-order valence-corrected chi connectivity index (χ0v) is 10.1. The number of nitrogens with zero attached hydrogens (tertiary/aromatic N) is 1. The number of aryl methyl sites for hydroxylation is 1. The van der Waals surface area contributed by atoms with Crippen LogP contribution in [0.1, 0.15) is 25.0 Å². The van der Waals surface area contributed by atoms with Gasteiger partial charge in [-0.1, -0.05) is 19.9 Å². The van der Waals surface area contributed by atoms with Gasteiger partial charge in [-0.05, 0) is 30.5 Å². The van der Waals surface area contributed by atoms with E-state index in [4.69, 9.17) is 11.0 Å². The van der Waals surface area contributed by atoms with Crippen LogP contribution in [-0.2, 0) is 0 Å². The Balaban J connectivity index is 2.95. The molecule has 0 saturated carbocycles. The minimum Gasteiger partial charge on any atom is -0.380 e. The maximum atomic E-state index is 9.01. The van der Waals surface area contributed by atoms with Crippen LogP contribution in [0.25, 0.3) is 0 Å². The predicted octanol–water partition coefficient (Wildman–Crippen LogP) is 2.26. The van der Waals surface area contributed by atoms with Gasteiger partial charge in [0, 0.05) is 12.6 Å². The van der Waals surface area contributed by atoms with Crippen molar-refractivity contribution in [3.63, 3.8) is 0 Å². The maximum absolute atomic E-state index is 9.01. The summed E-state index contributed by atoms with van der Waals surface area (Å²) in [7, 11) is 0. The van der Waals surface area contributed by atoms with Crippen molar-refractivity contribution in [1.82, 2.24) is 0 Å². The molecular weight excluding hydrogens is 198 g/mol. The minimum atomic E-state index is 0.203. The van der Waals surface area contributed by atoms with E-state index in [2.05, 4.69) is 25.2 Å². The van der Waals surface area contributed by atoms with Crippen LogP contribution in [0.2, 0.25) is 0 Å². The van der Waals surface area contributed by atoms with Crippen molar-refractivity contribution >= 4 is 5.69 Å². The van der Waals surface area contributed by atoms with Gasteiger partial charge in [0.15, 0.2) is 0 Å². The monoisotopic (exact) mass is 217 g/mol. The molecule has 0 aliphatic rings. The molecule has 3 N–H and O–H groups in total. The number of benzene rings is 1. The third-order valence-corrected chi connectivity index (χ3v) is 2.70. The fourth-order valence-electron chi connectivity index (χ4n) is 1.57. The summed E-state index contributed by atoms with van der Waals surface area (Å²) >= 11 is 0. The molecular formula is C13H19N3. The fourth-order valence-corrected chi connectivity index (χ4v) is 1.57. The molecule has 1 aromatic carbocycles. The van der Waals surface area contributed by atoms with Crippen LogP contribution >= 0.6 is 0 Å². The lowest BCUT2D eigenvalue weighted by Crippen LogP contribution is -2.33. The Labute approximate surface area is 97.3 Å². The molecule has 16 heavy (non-hydrogen) atoms. The third-order valence-electron chi connectivity index (χ3n) is 2.70. The largest absolute Gasteiger partial charge is 0.380 e. The second kappa shape index (κ2) is 5.53. The van der Waals surface area contributed by atoms with Crippen molar-refractivity contribution in [3.8, 4) is 6.07 Å². The summed E-state index contributed by atoms with van der Waals surface area (Å²) in [6, 6.07) is 8.16. The van der Waals surface area contributed by atoms with Gasteiger partial charge >= 0.3 is 0 Å². The minimum absolute atomic E-state index is 0.203. The molecule has 0 radical (unpaired) electrons. The molecule has 3 heteroatoms. The highest BCUT2D eigenvalue weighted by atomic mass is 14.9. The summed E-state index contributed by atoms with van der Waals surface area (Å²) in [6.07, 6.45) is 0. The first-order valence-corrected chi connectivity index (χ1v) is 5.55. The van der Waals surface area contributed by atoms with E-state index in [0.717, 1.165) is 11.3 Å². The molecule has 1 unspecified atom stereocenters. The Hall–Kier alpha value is -1.53. The number of anilines is 1. The van der Waals surface area contributed by atoms with E-state index in [1.165, 1.54) is 0 Å². The second-order valence-electron chi connectivity index (χ2n) is 4.39. The standard InChI is InChI=1S/C13H19N3/c1-9(2)13(8-15)16-12-6-10(3)4-5-11(12)7-14/h4-6,9,13,16H,8,15H2,1-3H3. The van der Waals surface area contributed by atoms with Gasteiger partial charge in [0.1, 0.15) is 6.07 Å². The van der Waals surface area contributed by atoms with E-state index in [0.29, 0.717) is 18.0 Å². The summed E-state index contributed by atoms with van der Waals surface area (Å²) in [4.78, 5) is 0. The molecule has 0 aromatic heterocycles. The fraction of sp³-hybridized carbons (Fsp3) is 0.462. The molecule has 0 amide bonds. The SMILES string of the molecule is Cc1ccc(C#N)c(NC(CN)C(C)C)c1.